The van der Waals surface area contributed by atoms with E-state index >= 15 is 0 Å². The van der Waals surface area contributed by atoms with Gasteiger partial charge in [-0.1, -0.05) is 12.8 Å². The monoisotopic (exact) mass is 235 g/mol. The van der Waals surface area contributed by atoms with E-state index in [2.05, 4.69) is 0 Å². The molecule has 1 atom stereocenters. The number of carbonyl (C=O) groups is 1. The molecule has 0 aromatic heterocycles. The Labute approximate surface area is 94.4 Å². The van der Waals surface area contributed by atoms with Gasteiger partial charge >= 0.3 is 5.97 Å². The Kier molecular flexibility index (Phi) is 5.66. The fourth-order valence-corrected chi connectivity index (χ4v) is 2.27. The fraction of sp³-hybridized carbons (Fsp3) is 0.909. The van der Waals surface area contributed by atoms with Crippen molar-refractivity contribution in [1.82, 2.24) is 4.90 Å². The zero-order valence-electron chi connectivity index (χ0n) is 9.37. The molecule has 0 aliphatic carbocycles. The second-order valence-electron chi connectivity index (χ2n) is 4.32. The van der Waals surface area contributed by atoms with Crippen LogP contribution in [-0.4, -0.2) is 41.5 Å². The van der Waals surface area contributed by atoms with E-state index in [-0.39, 0.29) is 19.0 Å². The lowest BCUT2D eigenvalue weighted by molar-refractivity contribution is -0.137. The molecular weight excluding hydrogens is 216 g/mol. The van der Waals surface area contributed by atoms with Crippen molar-refractivity contribution in [3.63, 3.8) is 0 Å². The van der Waals surface area contributed by atoms with Crippen molar-refractivity contribution >= 4 is 5.97 Å². The average molecular weight is 235 g/mol. The molecular formula is C11H19F2NO2. The van der Waals surface area contributed by atoms with Crippen molar-refractivity contribution < 1.29 is 18.7 Å². The Bertz CT molecular complexity index is 224. The van der Waals surface area contributed by atoms with Crippen LogP contribution in [0.2, 0.25) is 0 Å². The Morgan fingerprint density at radius 2 is 2.12 bits per heavy atom. The van der Waals surface area contributed by atoms with E-state index in [0.29, 0.717) is 13.0 Å². The predicted octanol–water partition coefficient (Wildman–Crippen LogP) is 2.36. The van der Waals surface area contributed by atoms with Gasteiger partial charge in [-0.25, -0.2) is 8.78 Å². The zero-order chi connectivity index (χ0) is 12.0. The van der Waals surface area contributed by atoms with Crippen LogP contribution in [0.4, 0.5) is 8.78 Å². The van der Waals surface area contributed by atoms with Crippen LogP contribution in [0.1, 0.15) is 38.5 Å². The van der Waals surface area contributed by atoms with Crippen molar-refractivity contribution in [2.24, 2.45) is 0 Å². The first-order chi connectivity index (χ1) is 7.59. The van der Waals surface area contributed by atoms with Crippen LogP contribution in [0, 0.1) is 0 Å². The summed E-state index contributed by atoms with van der Waals surface area (Å²) in [5.41, 5.74) is 0. The normalized spacial score (nSPS) is 23.3. The number of alkyl halides is 2. The van der Waals surface area contributed by atoms with E-state index in [0.717, 1.165) is 25.7 Å². The summed E-state index contributed by atoms with van der Waals surface area (Å²) in [5.74, 6) is -0.846. The minimum absolute atomic E-state index is 0.0209. The zero-order valence-corrected chi connectivity index (χ0v) is 9.37. The van der Waals surface area contributed by atoms with Gasteiger partial charge in [0, 0.05) is 12.5 Å². The van der Waals surface area contributed by atoms with Gasteiger partial charge in [-0.3, -0.25) is 9.69 Å². The smallest absolute Gasteiger partial charge is 0.303 e. The molecule has 1 unspecified atom stereocenters. The highest BCUT2D eigenvalue weighted by Gasteiger charge is 2.23. The largest absolute Gasteiger partial charge is 0.481 e. The lowest BCUT2D eigenvalue weighted by Gasteiger charge is -2.29. The highest BCUT2D eigenvalue weighted by molar-refractivity contribution is 5.66. The van der Waals surface area contributed by atoms with Crippen LogP contribution in [0.5, 0.6) is 0 Å². The number of aliphatic carboxylic acids is 1. The van der Waals surface area contributed by atoms with E-state index in [1.165, 1.54) is 0 Å². The van der Waals surface area contributed by atoms with Crippen molar-refractivity contribution in [2.75, 3.05) is 13.1 Å². The summed E-state index contributed by atoms with van der Waals surface area (Å²) in [7, 11) is 0. The number of hydrogen-bond acceptors (Lipinski definition) is 2. The maximum Gasteiger partial charge on any atom is 0.303 e. The van der Waals surface area contributed by atoms with Crippen LogP contribution in [0.25, 0.3) is 0 Å². The molecule has 0 aromatic rings. The SMILES string of the molecule is O=C(O)CCC1CCCCCN1CC(F)F. The van der Waals surface area contributed by atoms with Gasteiger partial charge in [-0.2, -0.15) is 0 Å². The highest BCUT2D eigenvalue weighted by Crippen LogP contribution is 2.21. The highest BCUT2D eigenvalue weighted by atomic mass is 19.3. The summed E-state index contributed by atoms with van der Waals surface area (Å²) >= 11 is 0. The lowest BCUT2D eigenvalue weighted by Crippen LogP contribution is -2.38. The molecule has 5 heteroatoms. The molecule has 0 amide bonds. The second kappa shape index (κ2) is 6.78. The van der Waals surface area contributed by atoms with E-state index in [9.17, 15) is 13.6 Å². The number of halogens is 2. The number of rotatable bonds is 5. The van der Waals surface area contributed by atoms with Gasteiger partial charge in [-0.05, 0) is 25.8 Å². The Hall–Kier alpha value is -0.710. The van der Waals surface area contributed by atoms with Gasteiger partial charge in [0.2, 0.25) is 0 Å². The van der Waals surface area contributed by atoms with Gasteiger partial charge < -0.3 is 5.11 Å². The maximum absolute atomic E-state index is 12.4. The Balaban J connectivity index is 2.47. The molecule has 0 radical (unpaired) electrons. The maximum atomic E-state index is 12.4. The van der Waals surface area contributed by atoms with Gasteiger partial charge in [-0.15, -0.1) is 0 Å². The van der Waals surface area contributed by atoms with E-state index in [4.69, 9.17) is 5.11 Å². The van der Waals surface area contributed by atoms with Gasteiger partial charge in [0.1, 0.15) is 0 Å². The molecule has 0 spiro atoms. The summed E-state index contributed by atoms with van der Waals surface area (Å²) in [6.45, 7) is 0.457. The van der Waals surface area contributed by atoms with Crippen LogP contribution in [-0.2, 0) is 4.79 Å². The first-order valence-corrected chi connectivity index (χ1v) is 5.83. The second-order valence-corrected chi connectivity index (χ2v) is 4.32. The van der Waals surface area contributed by atoms with Crippen molar-refractivity contribution in [3.05, 3.63) is 0 Å². The third-order valence-corrected chi connectivity index (χ3v) is 3.06. The van der Waals surface area contributed by atoms with Crippen molar-refractivity contribution in [1.29, 1.82) is 0 Å². The first kappa shape index (κ1) is 13.4. The van der Waals surface area contributed by atoms with E-state index in [1.54, 1.807) is 4.90 Å². The molecule has 0 aromatic carbocycles. The third kappa shape index (κ3) is 4.88. The average Bonchev–Trinajstić information content (AvgIpc) is 2.39. The van der Waals surface area contributed by atoms with Crippen LogP contribution >= 0.6 is 0 Å². The molecule has 1 saturated heterocycles. The first-order valence-electron chi connectivity index (χ1n) is 5.83. The van der Waals surface area contributed by atoms with E-state index in [1.807, 2.05) is 0 Å². The molecule has 1 N–H and O–H groups in total. The summed E-state index contributed by atoms with van der Waals surface area (Å²) < 4.78 is 24.7. The molecule has 94 valence electrons. The van der Waals surface area contributed by atoms with Crippen molar-refractivity contribution in [2.45, 2.75) is 51.0 Å². The molecule has 0 saturated carbocycles. The summed E-state index contributed by atoms with van der Waals surface area (Å²) in [6.07, 6.45) is 2.10. The quantitative estimate of drug-likeness (QED) is 0.795. The standard InChI is InChI=1S/C11H19F2NO2/c12-10(13)8-14-7-3-1-2-4-9(14)5-6-11(15)16/h9-10H,1-8H2,(H,15,16). The summed E-state index contributed by atoms with van der Waals surface area (Å²) in [4.78, 5) is 12.3. The Morgan fingerprint density at radius 1 is 1.38 bits per heavy atom. The predicted molar refractivity (Wildman–Crippen MR) is 56.7 cm³/mol. The molecule has 1 aliphatic heterocycles. The minimum Gasteiger partial charge on any atom is -0.481 e. The topological polar surface area (TPSA) is 40.5 Å². The van der Waals surface area contributed by atoms with Gasteiger partial charge in [0.05, 0.1) is 6.54 Å². The van der Waals surface area contributed by atoms with Gasteiger partial charge in [0.25, 0.3) is 6.43 Å². The Morgan fingerprint density at radius 3 is 2.75 bits per heavy atom. The van der Waals surface area contributed by atoms with Crippen LogP contribution < -0.4 is 0 Å². The molecule has 16 heavy (non-hydrogen) atoms. The number of likely N-dealkylation sites (tertiary alicyclic amines) is 1. The lowest BCUT2D eigenvalue weighted by atomic mass is 10.0. The van der Waals surface area contributed by atoms with Crippen LogP contribution in [0.3, 0.4) is 0 Å². The number of nitrogens with zero attached hydrogens (tertiary/aromatic N) is 1. The summed E-state index contributed by atoms with van der Waals surface area (Å²) in [6, 6.07) is 0.0209. The minimum atomic E-state index is -2.33. The fourth-order valence-electron chi connectivity index (χ4n) is 2.27. The van der Waals surface area contributed by atoms with Crippen LogP contribution in [0.15, 0.2) is 0 Å². The molecule has 0 bridgehead atoms. The molecule has 1 heterocycles. The number of hydrogen-bond donors (Lipinski definition) is 1. The number of carboxylic acids is 1. The molecule has 1 fully saturated rings. The van der Waals surface area contributed by atoms with E-state index < -0.39 is 12.4 Å². The van der Waals surface area contributed by atoms with Gasteiger partial charge in [0.15, 0.2) is 0 Å². The molecule has 1 aliphatic rings. The molecule has 3 nitrogen and oxygen atoms in total. The van der Waals surface area contributed by atoms with Crippen molar-refractivity contribution in [3.8, 4) is 0 Å². The number of carboxylic acid groups (broad SMARTS) is 1. The third-order valence-electron chi connectivity index (χ3n) is 3.06. The molecule has 1 rings (SSSR count). The summed E-state index contributed by atoms with van der Waals surface area (Å²) in [5, 5.41) is 8.62.